The summed E-state index contributed by atoms with van der Waals surface area (Å²) in [5.41, 5.74) is 18.4. The fraction of sp³-hybridized carbons (Fsp3) is 0.0417. The van der Waals surface area contributed by atoms with Crippen LogP contribution in [-0.2, 0) is 13.1 Å². The lowest BCUT2D eigenvalue weighted by Gasteiger charge is -2.21. The maximum Gasteiger partial charge on any atom is 0.0574 e. The molecule has 0 spiro atoms. The summed E-state index contributed by atoms with van der Waals surface area (Å²) >= 11 is 0. The fourth-order valence-electron chi connectivity index (χ4n) is 9.22. The van der Waals surface area contributed by atoms with Gasteiger partial charge in [-0.2, -0.15) is 0 Å². The van der Waals surface area contributed by atoms with Crippen molar-refractivity contribution in [2.24, 2.45) is 0 Å². The molecule has 2 aliphatic rings. The molecule has 2 aromatic heterocycles. The summed E-state index contributed by atoms with van der Waals surface area (Å²) in [6.45, 7) is 1.76. The zero-order valence-corrected chi connectivity index (χ0v) is 27.3. The third-order valence-electron chi connectivity index (χ3n) is 11.5. The van der Waals surface area contributed by atoms with Crippen LogP contribution in [0.25, 0.3) is 98.9 Å². The SMILES string of the molecule is c1ccc(-c2cc3c4c(c2)c2cc5cc6c(cc5cc2n4Cc2ccccc2-3)c2cc(-c3ccccc3)cc3c2n6Cc2ccccc2-3)cc1. The van der Waals surface area contributed by atoms with Crippen molar-refractivity contribution in [2.45, 2.75) is 13.1 Å². The third-order valence-corrected chi connectivity index (χ3v) is 11.5. The Morgan fingerprint density at radius 1 is 0.320 bits per heavy atom. The van der Waals surface area contributed by atoms with Crippen molar-refractivity contribution in [2.75, 3.05) is 0 Å². The Balaban J connectivity index is 1.18. The second kappa shape index (κ2) is 9.62. The number of rotatable bonds is 2. The van der Waals surface area contributed by atoms with Crippen LogP contribution < -0.4 is 0 Å². The summed E-state index contributed by atoms with van der Waals surface area (Å²) in [6, 6.07) is 59.1. The number of fused-ring (bicyclic) bond motifs is 11. The van der Waals surface area contributed by atoms with Crippen molar-refractivity contribution in [1.82, 2.24) is 9.13 Å². The molecule has 0 N–H and O–H groups in total. The van der Waals surface area contributed by atoms with E-state index in [0.29, 0.717) is 0 Å². The van der Waals surface area contributed by atoms with E-state index < -0.39 is 0 Å². The maximum absolute atomic E-state index is 2.57. The molecule has 0 radical (unpaired) electrons. The molecule has 0 bridgehead atoms. The van der Waals surface area contributed by atoms with Crippen LogP contribution in [0.2, 0.25) is 0 Å². The topological polar surface area (TPSA) is 9.86 Å². The van der Waals surface area contributed by atoms with Crippen LogP contribution in [0.3, 0.4) is 0 Å². The number of hydrogen-bond acceptors (Lipinski definition) is 0. The lowest BCUT2D eigenvalue weighted by molar-refractivity contribution is 0.860. The number of aromatic nitrogens is 2. The molecule has 0 aliphatic carbocycles. The lowest BCUT2D eigenvalue weighted by atomic mass is 9.91. The second-order valence-electron chi connectivity index (χ2n) is 14.1. The molecule has 12 rings (SSSR count). The Morgan fingerprint density at radius 3 is 1.20 bits per heavy atom. The van der Waals surface area contributed by atoms with Gasteiger partial charge in [-0.1, -0.05) is 109 Å². The highest BCUT2D eigenvalue weighted by Crippen LogP contribution is 2.47. The van der Waals surface area contributed by atoms with Crippen LogP contribution in [0.1, 0.15) is 11.1 Å². The molecule has 0 saturated heterocycles. The molecule has 2 nitrogen and oxygen atoms in total. The van der Waals surface area contributed by atoms with Crippen LogP contribution in [0.5, 0.6) is 0 Å². The number of nitrogens with zero attached hydrogens (tertiary/aromatic N) is 2. The maximum atomic E-state index is 2.57. The monoisotopic (exact) mass is 634 g/mol. The first-order valence-electron chi connectivity index (χ1n) is 17.6. The Labute approximate surface area is 289 Å². The van der Waals surface area contributed by atoms with E-state index >= 15 is 0 Å². The van der Waals surface area contributed by atoms with E-state index in [2.05, 4.69) is 167 Å². The van der Waals surface area contributed by atoms with Gasteiger partial charge in [0, 0.05) is 45.8 Å². The molecule has 4 heterocycles. The summed E-state index contributed by atoms with van der Waals surface area (Å²) in [4.78, 5) is 0. The molecule has 0 atom stereocenters. The summed E-state index contributed by atoms with van der Waals surface area (Å²) in [6.07, 6.45) is 0. The summed E-state index contributed by atoms with van der Waals surface area (Å²) in [5, 5.41) is 7.89. The van der Waals surface area contributed by atoms with Crippen molar-refractivity contribution in [3.05, 3.63) is 169 Å². The molecule has 50 heavy (non-hydrogen) atoms. The van der Waals surface area contributed by atoms with Crippen LogP contribution in [0.4, 0.5) is 0 Å². The van der Waals surface area contributed by atoms with Crippen LogP contribution in [0, 0.1) is 0 Å². The Hall–Kier alpha value is -6.38. The van der Waals surface area contributed by atoms with Crippen LogP contribution in [0.15, 0.2) is 158 Å². The Bertz CT molecular complexity index is 2860. The minimum atomic E-state index is 0.878. The van der Waals surface area contributed by atoms with Gasteiger partial charge in [0.25, 0.3) is 0 Å². The van der Waals surface area contributed by atoms with E-state index in [-0.39, 0.29) is 0 Å². The smallest absolute Gasteiger partial charge is 0.0574 e. The predicted molar refractivity (Wildman–Crippen MR) is 210 cm³/mol. The standard InChI is InChI=1S/C48H30N2/c1-3-11-29(12-4-1)33-21-41-37-17-9-7-15-31(37)27-49-45-25-36-20-40-44-24-34(30-13-5-2-6-14-30)22-42-38-18-10-8-16-32(38)28-50(48(42)44)46(40)26-35(36)19-39(45)43(23-33)47(41)49/h1-26H,27-28H2. The molecular formula is C48H30N2. The summed E-state index contributed by atoms with van der Waals surface area (Å²) in [7, 11) is 0. The van der Waals surface area contributed by atoms with Gasteiger partial charge in [0.05, 0.1) is 22.1 Å². The first kappa shape index (κ1) is 26.6. The van der Waals surface area contributed by atoms with E-state index in [1.165, 1.54) is 110 Å². The second-order valence-corrected chi connectivity index (χ2v) is 14.1. The average molecular weight is 635 g/mol. The van der Waals surface area contributed by atoms with Crippen molar-refractivity contribution in [1.29, 1.82) is 0 Å². The molecular weight excluding hydrogens is 605 g/mol. The minimum Gasteiger partial charge on any atom is -0.335 e. The Morgan fingerprint density at radius 2 is 0.740 bits per heavy atom. The van der Waals surface area contributed by atoms with Gasteiger partial charge in [-0.15, -0.1) is 0 Å². The highest BCUT2D eigenvalue weighted by atomic mass is 15.0. The molecule has 0 saturated carbocycles. The van der Waals surface area contributed by atoms with Crippen molar-refractivity contribution >= 4 is 54.4 Å². The van der Waals surface area contributed by atoms with Gasteiger partial charge in [0.15, 0.2) is 0 Å². The predicted octanol–water partition coefficient (Wildman–Crippen LogP) is 12.4. The molecule has 232 valence electrons. The quantitative estimate of drug-likeness (QED) is 0.179. The van der Waals surface area contributed by atoms with Gasteiger partial charge in [-0.05, 0) is 104 Å². The van der Waals surface area contributed by atoms with Gasteiger partial charge in [0.1, 0.15) is 0 Å². The summed E-state index contributed by atoms with van der Waals surface area (Å²) in [5.74, 6) is 0. The minimum absolute atomic E-state index is 0.878. The third kappa shape index (κ3) is 3.52. The van der Waals surface area contributed by atoms with E-state index in [4.69, 9.17) is 0 Å². The number of hydrogen-bond donors (Lipinski definition) is 0. The highest BCUT2D eigenvalue weighted by Gasteiger charge is 2.26. The summed E-state index contributed by atoms with van der Waals surface area (Å²) < 4.78 is 5.14. The zero-order valence-electron chi connectivity index (χ0n) is 27.3. The van der Waals surface area contributed by atoms with Crippen molar-refractivity contribution < 1.29 is 0 Å². The van der Waals surface area contributed by atoms with Gasteiger partial charge in [-0.25, -0.2) is 0 Å². The highest BCUT2D eigenvalue weighted by molar-refractivity contribution is 6.22. The fourth-order valence-corrected chi connectivity index (χ4v) is 9.22. The van der Waals surface area contributed by atoms with E-state index in [9.17, 15) is 0 Å². The molecule has 10 aromatic rings. The first-order chi connectivity index (χ1) is 24.8. The zero-order chi connectivity index (χ0) is 32.5. The van der Waals surface area contributed by atoms with E-state index in [1.54, 1.807) is 0 Å². The first-order valence-corrected chi connectivity index (χ1v) is 17.6. The van der Waals surface area contributed by atoms with Gasteiger partial charge >= 0.3 is 0 Å². The molecule has 0 unspecified atom stereocenters. The van der Waals surface area contributed by atoms with Crippen LogP contribution in [-0.4, -0.2) is 9.13 Å². The van der Waals surface area contributed by atoms with Crippen LogP contribution >= 0.6 is 0 Å². The van der Waals surface area contributed by atoms with Crippen molar-refractivity contribution in [3.8, 4) is 44.5 Å². The Kier molecular flexibility index (Phi) is 5.11. The molecule has 2 aliphatic heterocycles. The number of benzene rings is 8. The molecule has 0 fully saturated rings. The van der Waals surface area contributed by atoms with Gasteiger partial charge < -0.3 is 9.13 Å². The molecule has 0 amide bonds. The van der Waals surface area contributed by atoms with Gasteiger partial charge in [-0.3, -0.25) is 0 Å². The van der Waals surface area contributed by atoms with Crippen molar-refractivity contribution in [3.63, 3.8) is 0 Å². The average Bonchev–Trinajstić information content (AvgIpc) is 3.65. The van der Waals surface area contributed by atoms with E-state index in [1.807, 2.05) is 0 Å². The normalized spacial score (nSPS) is 13.0. The molecule has 8 aromatic carbocycles. The largest absolute Gasteiger partial charge is 0.335 e. The molecule has 2 heteroatoms. The van der Waals surface area contributed by atoms with Gasteiger partial charge in [0.2, 0.25) is 0 Å². The lowest BCUT2D eigenvalue weighted by Crippen LogP contribution is -2.07. The van der Waals surface area contributed by atoms with E-state index in [0.717, 1.165) is 13.1 Å².